The quantitative estimate of drug-likeness (QED) is 0.172. The molecule has 0 aliphatic carbocycles. The van der Waals surface area contributed by atoms with Crippen LogP contribution >= 0.6 is 0 Å². The molecule has 1 N–H and O–H groups in total. The second-order valence-electron chi connectivity index (χ2n) is 12.9. The molecule has 0 aliphatic heterocycles. The summed E-state index contributed by atoms with van der Waals surface area (Å²) in [5.41, 5.74) is 11.8. The standard InChI is InChI=1S/C48H32BNO2/c49-43-27-25-35(34-15-10-14-33(28-34)32-12-2-1-3-13-32)31-48(43)52-38-17-11-16-36(29-38)40-26-24-37(30-47(40)51)39-18-4-7-21-44(39)50-45-22-8-5-19-41(45)42-20-6-9-23-46(42)50/h1-31,51H. The van der Waals surface area contributed by atoms with Crippen molar-refractivity contribution in [1.29, 1.82) is 0 Å². The van der Waals surface area contributed by atoms with Gasteiger partial charge >= 0.3 is 0 Å². The number of aromatic nitrogens is 1. The molecule has 0 unspecified atom stereocenters. The van der Waals surface area contributed by atoms with Gasteiger partial charge in [-0.15, -0.1) is 0 Å². The molecule has 4 heteroatoms. The van der Waals surface area contributed by atoms with Crippen LogP contribution in [0.5, 0.6) is 17.2 Å². The first-order valence-corrected chi connectivity index (χ1v) is 17.4. The highest BCUT2D eigenvalue weighted by Gasteiger charge is 2.16. The number of phenolic OH excluding ortho intramolecular Hbond substituents is 1. The first-order chi connectivity index (χ1) is 25.6. The fourth-order valence-corrected chi connectivity index (χ4v) is 7.20. The normalized spacial score (nSPS) is 11.2. The lowest BCUT2D eigenvalue weighted by molar-refractivity contribution is 0.477. The lowest BCUT2D eigenvalue weighted by Crippen LogP contribution is -2.06. The van der Waals surface area contributed by atoms with E-state index in [2.05, 4.69) is 114 Å². The van der Waals surface area contributed by atoms with Crippen molar-refractivity contribution in [2.45, 2.75) is 0 Å². The Balaban J connectivity index is 1.03. The summed E-state index contributed by atoms with van der Waals surface area (Å²) < 4.78 is 8.71. The molecule has 8 aromatic carbocycles. The summed E-state index contributed by atoms with van der Waals surface area (Å²) >= 11 is 0. The van der Waals surface area contributed by atoms with E-state index in [0.29, 0.717) is 22.5 Å². The van der Waals surface area contributed by atoms with Crippen molar-refractivity contribution >= 4 is 35.1 Å². The molecule has 9 aromatic rings. The second kappa shape index (κ2) is 13.2. The Bertz CT molecular complexity index is 2690. The average molecular weight is 666 g/mol. The summed E-state index contributed by atoms with van der Waals surface area (Å²) in [6.07, 6.45) is 0. The molecule has 0 spiro atoms. The lowest BCUT2D eigenvalue weighted by Gasteiger charge is -2.16. The van der Waals surface area contributed by atoms with E-state index in [1.807, 2.05) is 78.9 Å². The van der Waals surface area contributed by atoms with Gasteiger partial charge in [0, 0.05) is 21.9 Å². The highest BCUT2D eigenvalue weighted by Crippen LogP contribution is 2.40. The lowest BCUT2D eigenvalue weighted by atomic mass is 9.91. The average Bonchev–Trinajstić information content (AvgIpc) is 3.53. The molecule has 0 saturated heterocycles. The maximum atomic E-state index is 11.5. The first kappa shape index (κ1) is 31.2. The number of fused-ring (bicyclic) bond motifs is 3. The summed E-state index contributed by atoms with van der Waals surface area (Å²) in [4.78, 5) is 0. The third-order valence-corrected chi connectivity index (χ3v) is 9.72. The third-order valence-electron chi connectivity index (χ3n) is 9.72. The minimum absolute atomic E-state index is 0.187. The Kier molecular flexibility index (Phi) is 7.90. The number of phenols is 1. The smallest absolute Gasteiger partial charge is 0.128 e. The zero-order valence-electron chi connectivity index (χ0n) is 28.3. The van der Waals surface area contributed by atoms with Crippen LogP contribution in [-0.4, -0.2) is 17.5 Å². The molecule has 244 valence electrons. The van der Waals surface area contributed by atoms with E-state index in [1.165, 1.54) is 10.8 Å². The van der Waals surface area contributed by atoms with Gasteiger partial charge in [-0.3, -0.25) is 0 Å². The number of nitrogens with zero attached hydrogens (tertiary/aromatic N) is 1. The van der Waals surface area contributed by atoms with Crippen molar-refractivity contribution in [1.82, 2.24) is 4.57 Å². The Morgan fingerprint density at radius 1 is 0.423 bits per heavy atom. The van der Waals surface area contributed by atoms with Crippen molar-refractivity contribution in [2.24, 2.45) is 0 Å². The first-order valence-electron chi connectivity index (χ1n) is 17.4. The van der Waals surface area contributed by atoms with Gasteiger partial charge in [0.05, 0.1) is 16.7 Å². The van der Waals surface area contributed by atoms with E-state index >= 15 is 0 Å². The Morgan fingerprint density at radius 2 is 1.00 bits per heavy atom. The Morgan fingerprint density at radius 3 is 1.77 bits per heavy atom. The van der Waals surface area contributed by atoms with Gasteiger partial charge in [-0.1, -0.05) is 145 Å². The van der Waals surface area contributed by atoms with Gasteiger partial charge in [0.25, 0.3) is 0 Å². The van der Waals surface area contributed by atoms with Crippen LogP contribution in [0.15, 0.2) is 188 Å². The van der Waals surface area contributed by atoms with Crippen molar-refractivity contribution in [3.05, 3.63) is 188 Å². The molecule has 52 heavy (non-hydrogen) atoms. The summed E-state index contributed by atoms with van der Waals surface area (Å²) in [5, 5.41) is 13.9. The number of aromatic hydroxyl groups is 1. The molecule has 1 heterocycles. The number of benzene rings is 8. The van der Waals surface area contributed by atoms with Crippen LogP contribution in [-0.2, 0) is 0 Å². The number of hydrogen-bond acceptors (Lipinski definition) is 2. The molecular formula is C48H32BNO2. The van der Waals surface area contributed by atoms with Gasteiger partial charge in [-0.25, -0.2) is 0 Å². The second-order valence-corrected chi connectivity index (χ2v) is 12.9. The van der Waals surface area contributed by atoms with E-state index < -0.39 is 0 Å². The van der Waals surface area contributed by atoms with Crippen molar-refractivity contribution in [3.63, 3.8) is 0 Å². The summed E-state index contributed by atoms with van der Waals surface area (Å²) in [6, 6.07) is 63.6. The summed E-state index contributed by atoms with van der Waals surface area (Å²) in [7, 11) is 6.42. The van der Waals surface area contributed by atoms with Gasteiger partial charge in [-0.2, -0.15) is 0 Å². The van der Waals surface area contributed by atoms with Gasteiger partial charge in [0.15, 0.2) is 0 Å². The molecule has 0 amide bonds. The van der Waals surface area contributed by atoms with Crippen molar-refractivity contribution in [2.75, 3.05) is 0 Å². The van der Waals surface area contributed by atoms with Gasteiger partial charge in [0.1, 0.15) is 25.1 Å². The van der Waals surface area contributed by atoms with Crippen LogP contribution < -0.4 is 10.2 Å². The SMILES string of the molecule is [B]c1ccc(-c2cccc(-c3ccccc3)c2)cc1Oc1cccc(-c2ccc(-c3ccccc3-n3c4ccccc4c4ccccc43)cc2O)c1. The van der Waals surface area contributed by atoms with Crippen LogP contribution in [0.2, 0.25) is 0 Å². The predicted octanol–water partition coefficient (Wildman–Crippen LogP) is 11.7. The maximum absolute atomic E-state index is 11.5. The van der Waals surface area contributed by atoms with Gasteiger partial charge < -0.3 is 14.4 Å². The van der Waals surface area contributed by atoms with E-state index in [1.54, 1.807) is 0 Å². The number of rotatable bonds is 7. The van der Waals surface area contributed by atoms with Gasteiger partial charge in [-0.05, 0) is 81.9 Å². The van der Waals surface area contributed by atoms with Crippen molar-refractivity contribution < 1.29 is 9.84 Å². The molecule has 9 rings (SSSR count). The monoisotopic (exact) mass is 665 g/mol. The Hall–Kier alpha value is -6.78. The minimum atomic E-state index is 0.187. The largest absolute Gasteiger partial charge is 0.507 e. The zero-order chi connectivity index (χ0) is 35.0. The molecule has 1 aromatic heterocycles. The van der Waals surface area contributed by atoms with Crippen LogP contribution in [0.3, 0.4) is 0 Å². The van der Waals surface area contributed by atoms with Crippen LogP contribution in [0.1, 0.15) is 0 Å². The molecular weight excluding hydrogens is 633 g/mol. The van der Waals surface area contributed by atoms with Crippen LogP contribution in [0.25, 0.3) is 72.0 Å². The topological polar surface area (TPSA) is 34.4 Å². The van der Waals surface area contributed by atoms with Crippen LogP contribution in [0.4, 0.5) is 0 Å². The van der Waals surface area contributed by atoms with E-state index in [4.69, 9.17) is 12.6 Å². The zero-order valence-corrected chi connectivity index (χ0v) is 28.3. The number of ether oxygens (including phenoxy) is 1. The maximum Gasteiger partial charge on any atom is 0.128 e. The Labute approximate surface area is 304 Å². The fraction of sp³-hybridized carbons (Fsp3) is 0. The minimum Gasteiger partial charge on any atom is -0.507 e. The van der Waals surface area contributed by atoms with E-state index in [0.717, 1.165) is 55.7 Å². The molecule has 0 fully saturated rings. The molecule has 0 aliphatic rings. The number of hydrogen-bond donors (Lipinski definition) is 1. The number of para-hydroxylation sites is 3. The van der Waals surface area contributed by atoms with Gasteiger partial charge in [0.2, 0.25) is 0 Å². The molecule has 2 radical (unpaired) electrons. The third kappa shape index (κ3) is 5.71. The predicted molar refractivity (Wildman–Crippen MR) is 216 cm³/mol. The van der Waals surface area contributed by atoms with E-state index in [9.17, 15) is 5.11 Å². The fourth-order valence-electron chi connectivity index (χ4n) is 7.20. The molecule has 0 bridgehead atoms. The highest BCUT2D eigenvalue weighted by atomic mass is 16.5. The summed E-state index contributed by atoms with van der Waals surface area (Å²) in [5.74, 6) is 1.38. The molecule has 0 saturated carbocycles. The molecule has 0 atom stereocenters. The van der Waals surface area contributed by atoms with Crippen LogP contribution in [0, 0.1) is 0 Å². The molecule has 3 nitrogen and oxygen atoms in total. The van der Waals surface area contributed by atoms with Crippen molar-refractivity contribution in [3.8, 4) is 67.4 Å². The van der Waals surface area contributed by atoms with E-state index in [-0.39, 0.29) is 5.75 Å². The summed E-state index contributed by atoms with van der Waals surface area (Å²) in [6.45, 7) is 0. The highest BCUT2D eigenvalue weighted by molar-refractivity contribution is 6.34.